The number of hydrogen-bond acceptors (Lipinski definition) is 3. The van der Waals surface area contributed by atoms with Gasteiger partial charge in [-0.05, 0) is 18.6 Å². The zero-order chi connectivity index (χ0) is 13.0. The van der Waals surface area contributed by atoms with Gasteiger partial charge >= 0.3 is 5.97 Å². The largest absolute Gasteiger partial charge is 0.461 e. The average molecular weight is 245 g/mol. The fraction of sp³-hybridized carbons (Fsp3) is 0.214. The van der Waals surface area contributed by atoms with Gasteiger partial charge in [0.05, 0.1) is 6.61 Å². The van der Waals surface area contributed by atoms with Crippen molar-refractivity contribution in [1.82, 2.24) is 4.98 Å². The molecule has 0 spiro atoms. The molecule has 1 unspecified atom stereocenters. The minimum absolute atomic E-state index is 0.328. The van der Waals surface area contributed by atoms with Crippen molar-refractivity contribution in [3.8, 4) is 0 Å². The van der Waals surface area contributed by atoms with Crippen molar-refractivity contribution in [2.75, 3.05) is 6.61 Å². The molecule has 2 rings (SSSR count). The summed E-state index contributed by atoms with van der Waals surface area (Å²) in [6.07, 6.45) is 0.870. The summed E-state index contributed by atoms with van der Waals surface area (Å²) >= 11 is 0. The Kier molecular flexibility index (Phi) is 3.79. The van der Waals surface area contributed by atoms with Gasteiger partial charge in [0, 0.05) is 11.8 Å². The molecule has 1 heterocycles. The fourth-order valence-electron chi connectivity index (χ4n) is 1.72. The summed E-state index contributed by atoms with van der Waals surface area (Å²) in [4.78, 5) is 14.3. The van der Waals surface area contributed by atoms with E-state index in [-0.39, 0.29) is 0 Å². The number of H-pyrrole nitrogens is 1. The molecule has 0 fully saturated rings. The molecular formula is C14H15NO3. The molecule has 0 saturated carbocycles. The van der Waals surface area contributed by atoms with Gasteiger partial charge in [-0.2, -0.15) is 0 Å². The minimum Gasteiger partial charge on any atom is -0.461 e. The summed E-state index contributed by atoms with van der Waals surface area (Å²) in [6.45, 7) is 2.08. The first-order chi connectivity index (χ1) is 8.72. The first-order valence-electron chi connectivity index (χ1n) is 5.80. The van der Waals surface area contributed by atoms with Gasteiger partial charge in [-0.25, -0.2) is 4.79 Å². The van der Waals surface area contributed by atoms with Crippen LogP contribution in [0, 0.1) is 0 Å². The highest BCUT2D eigenvalue weighted by molar-refractivity contribution is 5.87. The lowest BCUT2D eigenvalue weighted by atomic mass is 10.0. The maximum absolute atomic E-state index is 11.5. The normalized spacial score (nSPS) is 12.1. The second-order valence-corrected chi connectivity index (χ2v) is 3.88. The maximum Gasteiger partial charge on any atom is 0.354 e. The first-order valence-corrected chi connectivity index (χ1v) is 5.80. The zero-order valence-electron chi connectivity index (χ0n) is 10.1. The number of ether oxygens (including phenoxy) is 1. The molecule has 0 aliphatic rings. The molecule has 0 saturated heterocycles. The molecule has 2 N–H and O–H groups in total. The van der Waals surface area contributed by atoms with E-state index in [0.717, 1.165) is 5.56 Å². The van der Waals surface area contributed by atoms with E-state index >= 15 is 0 Å². The summed E-state index contributed by atoms with van der Waals surface area (Å²) in [7, 11) is 0. The topological polar surface area (TPSA) is 62.3 Å². The second-order valence-electron chi connectivity index (χ2n) is 3.88. The lowest BCUT2D eigenvalue weighted by molar-refractivity contribution is 0.0520. The number of benzene rings is 1. The Hall–Kier alpha value is -2.07. The van der Waals surface area contributed by atoms with E-state index in [1.54, 1.807) is 19.2 Å². The van der Waals surface area contributed by atoms with Gasteiger partial charge in [0.2, 0.25) is 0 Å². The fourth-order valence-corrected chi connectivity index (χ4v) is 1.72. The van der Waals surface area contributed by atoms with Gasteiger partial charge < -0.3 is 14.8 Å². The van der Waals surface area contributed by atoms with E-state index < -0.39 is 12.1 Å². The standard InChI is InChI=1S/C14H15NO3/c1-2-18-14(17)12-8-11(9-15-12)13(16)10-6-4-3-5-7-10/h3-9,13,15-16H,2H2,1H3. The third kappa shape index (κ3) is 2.60. The molecule has 94 valence electrons. The monoisotopic (exact) mass is 245 g/mol. The number of carbonyl (C=O) groups is 1. The van der Waals surface area contributed by atoms with Crippen LogP contribution in [0.5, 0.6) is 0 Å². The number of esters is 1. The van der Waals surface area contributed by atoms with Crippen molar-refractivity contribution < 1.29 is 14.6 Å². The number of aliphatic hydroxyl groups is 1. The zero-order valence-corrected chi connectivity index (χ0v) is 10.1. The highest BCUT2D eigenvalue weighted by atomic mass is 16.5. The van der Waals surface area contributed by atoms with Crippen LogP contribution in [0.4, 0.5) is 0 Å². The molecular weight excluding hydrogens is 230 g/mol. The van der Waals surface area contributed by atoms with Crippen LogP contribution in [0.15, 0.2) is 42.6 Å². The van der Waals surface area contributed by atoms with E-state index in [4.69, 9.17) is 4.74 Å². The molecule has 2 aromatic rings. The van der Waals surface area contributed by atoms with E-state index in [0.29, 0.717) is 17.9 Å². The number of carbonyl (C=O) groups excluding carboxylic acids is 1. The molecule has 0 amide bonds. The molecule has 0 aliphatic heterocycles. The summed E-state index contributed by atoms with van der Waals surface area (Å²) in [5.41, 5.74) is 1.78. The predicted octanol–water partition coefficient (Wildman–Crippen LogP) is 2.27. The molecule has 4 nitrogen and oxygen atoms in total. The van der Waals surface area contributed by atoms with Gasteiger partial charge in [0.25, 0.3) is 0 Å². The number of rotatable bonds is 4. The third-order valence-corrected chi connectivity index (χ3v) is 2.63. The smallest absolute Gasteiger partial charge is 0.354 e. The average Bonchev–Trinajstić information content (AvgIpc) is 2.89. The van der Waals surface area contributed by atoms with Crippen LogP contribution in [0.1, 0.15) is 34.6 Å². The van der Waals surface area contributed by atoms with Gasteiger partial charge in [-0.1, -0.05) is 30.3 Å². The van der Waals surface area contributed by atoms with Gasteiger partial charge in [0.15, 0.2) is 0 Å². The Bertz CT molecular complexity index is 519. The van der Waals surface area contributed by atoms with Crippen molar-refractivity contribution >= 4 is 5.97 Å². The number of hydrogen-bond donors (Lipinski definition) is 2. The molecule has 1 atom stereocenters. The van der Waals surface area contributed by atoms with E-state index in [2.05, 4.69) is 4.98 Å². The molecule has 0 radical (unpaired) electrons. The quantitative estimate of drug-likeness (QED) is 0.812. The number of aromatic amines is 1. The third-order valence-electron chi connectivity index (χ3n) is 2.63. The Morgan fingerprint density at radius 3 is 2.72 bits per heavy atom. The minimum atomic E-state index is -0.745. The molecule has 18 heavy (non-hydrogen) atoms. The van der Waals surface area contributed by atoms with Crippen LogP contribution in [0.3, 0.4) is 0 Å². The highest BCUT2D eigenvalue weighted by Crippen LogP contribution is 2.22. The van der Waals surface area contributed by atoms with Crippen LogP contribution >= 0.6 is 0 Å². The lowest BCUT2D eigenvalue weighted by Crippen LogP contribution is -2.04. The molecule has 1 aromatic heterocycles. The lowest BCUT2D eigenvalue weighted by Gasteiger charge is -2.08. The maximum atomic E-state index is 11.5. The van der Waals surface area contributed by atoms with Crippen molar-refractivity contribution in [2.45, 2.75) is 13.0 Å². The Morgan fingerprint density at radius 1 is 1.33 bits per heavy atom. The summed E-state index contributed by atoms with van der Waals surface area (Å²) < 4.78 is 4.87. The Labute approximate surface area is 105 Å². The highest BCUT2D eigenvalue weighted by Gasteiger charge is 2.15. The van der Waals surface area contributed by atoms with E-state index in [1.165, 1.54) is 0 Å². The first kappa shape index (κ1) is 12.4. The van der Waals surface area contributed by atoms with Crippen LogP contribution in [0.25, 0.3) is 0 Å². The van der Waals surface area contributed by atoms with Crippen LogP contribution in [0.2, 0.25) is 0 Å². The van der Waals surface area contributed by atoms with Crippen molar-refractivity contribution in [3.05, 3.63) is 59.4 Å². The molecule has 0 bridgehead atoms. The summed E-state index contributed by atoms with van der Waals surface area (Å²) in [5.74, 6) is -0.413. The summed E-state index contributed by atoms with van der Waals surface area (Å²) in [5, 5.41) is 10.1. The van der Waals surface area contributed by atoms with E-state index in [9.17, 15) is 9.90 Å². The molecule has 4 heteroatoms. The Morgan fingerprint density at radius 2 is 2.06 bits per heavy atom. The number of aliphatic hydroxyl groups excluding tert-OH is 1. The number of nitrogens with one attached hydrogen (secondary N) is 1. The van der Waals surface area contributed by atoms with E-state index in [1.807, 2.05) is 30.3 Å². The second kappa shape index (κ2) is 5.51. The van der Waals surface area contributed by atoms with Gasteiger partial charge in [0.1, 0.15) is 11.8 Å². The van der Waals surface area contributed by atoms with Crippen LogP contribution < -0.4 is 0 Å². The summed E-state index contributed by atoms with van der Waals surface area (Å²) in [6, 6.07) is 10.9. The molecule has 1 aromatic carbocycles. The van der Waals surface area contributed by atoms with Gasteiger partial charge in [-0.3, -0.25) is 0 Å². The predicted molar refractivity (Wildman–Crippen MR) is 67.3 cm³/mol. The molecule has 0 aliphatic carbocycles. The van der Waals surface area contributed by atoms with Crippen molar-refractivity contribution in [3.63, 3.8) is 0 Å². The van der Waals surface area contributed by atoms with Gasteiger partial charge in [-0.15, -0.1) is 0 Å². The van der Waals surface area contributed by atoms with Crippen LogP contribution in [-0.4, -0.2) is 22.7 Å². The SMILES string of the molecule is CCOC(=O)c1cc(C(O)c2ccccc2)c[nH]1. The van der Waals surface area contributed by atoms with Crippen LogP contribution in [-0.2, 0) is 4.74 Å². The Balaban J connectivity index is 2.17. The van der Waals surface area contributed by atoms with Crippen molar-refractivity contribution in [1.29, 1.82) is 0 Å². The van der Waals surface area contributed by atoms with Crippen molar-refractivity contribution in [2.24, 2.45) is 0 Å². The number of aromatic nitrogens is 1.